The summed E-state index contributed by atoms with van der Waals surface area (Å²) in [5.41, 5.74) is -4.42. The van der Waals surface area contributed by atoms with E-state index in [0.29, 0.717) is 0 Å². The Balaban J connectivity index is 1.98. The SMILES string of the molecule is O=C(COC(=O)c1cc(C(F)(F)F)cc(C(F)(F)F)c1)NC(=O)NC1CCCCC1. The maximum atomic E-state index is 12.8. The highest BCUT2D eigenvalue weighted by molar-refractivity contribution is 5.97. The normalized spacial score (nSPS) is 15.4. The van der Waals surface area contributed by atoms with E-state index in [-0.39, 0.29) is 24.2 Å². The van der Waals surface area contributed by atoms with Crippen LogP contribution in [0, 0.1) is 0 Å². The van der Waals surface area contributed by atoms with Crippen molar-refractivity contribution < 1.29 is 45.5 Å². The number of carbonyl (C=O) groups excluding carboxylic acids is 3. The summed E-state index contributed by atoms with van der Waals surface area (Å²) in [4.78, 5) is 35.3. The van der Waals surface area contributed by atoms with Crippen molar-refractivity contribution >= 4 is 17.9 Å². The van der Waals surface area contributed by atoms with E-state index in [0.717, 1.165) is 32.1 Å². The summed E-state index contributed by atoms with van der Waals surface area (Å²) in [5.74, 6) is -2.66. The highest BCUT2D eigenvalue weighted by Crippen LogP contribution is 2.36. The molecule has 166 valence electrons. The first-order valence-electron chi connectivity index (χ1n) is 8.93. The molecule has 0 bridgehead atoms. The van der Waals surface area contributed by atoms with Gasteiger partial charge < -0.3 is 10.1 Å². The van der Waals surface area contributed by atoms with Crippen molar-refractivity contribution in [2.75, 3.05) is 6.61 Å². The van der Waals surface area contributed by atoms with Gasteiger partial charge in [0.15, 0.2) is 6.61 Å². The molecule has 6 nitrogen and oxygen atoms in total. The van der Waals surface area contributed by atoms with E-state index in [1.54, 1.807) is 0 Å². The molecular formula is C18H18F6N2O4. The van der Waals surface area contributed by atoms with Gasteiger partial charge in [-0.15, -0.1) is 0 Å². The van der Waals surface area contributed by atoms with Gasteiger partial charge in [0.1, 0.15) is 0 Å². The average Bonchev–Trinajstić information content (AvgIpc) is 2.65. The molecule has 30 heavy (non-hydrogen) atoms. The molecule has 0 saturated heterocycles. The second-order valence-electron chi connectivity index (χ2n) is 6.73. The van der Waals surface area contributed by atoms with Gasteiger partial charge in [-0.25, -0.2) is 9.59 Å². The number of amides is 3. The zero-order valence-corrected chi connectivity index (χ0v) is 15.5. The lowest BCUT2D eigenvalue weighted by Gasteiger charge is -2.22. The first-order chi connectivity index (χ1) is 13.9. The van der Waals surface area contributed by atoms with Crippen molar-refractivity contribution in [3.05, 3.63) is 34.9 Å². The number of nitrogens with one attached hydrogen (secondary N) is 2. The number of benzene rings is 1. The van der Waals surface area contributed by atoms with Crippen molar-refractivity contribution in [2.24, 2.45) is 0 Å². The summed E-state index contributed by atoms with van der Waals surface area (Å²) >= 11 is 0. The van der Waals surface area contributed by atoms with Crippen LogP contribution in [0.1, 0.15) is 53.6 Å². The standard InChI is InChI=1S/C18H18F6N2O4/c19-17(20,21)11-6-10(7-12(8-11)18(22,23)24)15(28)30-9-14(27)26-16(29)25-13-4-2-1-3-5-13/h6-8,13H,1-5,9H2,(H2,25,26,27,29). The van der Waals surface area contributed by atoms with Crippen LogP contribution < -0.4 is 10.6 Å². The lowest BCUT2D eigenvalue weighted by atomic mass is 9.96. The van der Waals surface area contributed by atoms with Gasteiger partial charge in [0.05, 0.1) is 16.7 Å². The molecule has 0 aliphatic heterocycles. The Morgan fingerprint density at radius 2 is 1.43 bits per heavy atom. The van der Waals surface area contributed by atoms with E-state index in [9.17, 15) is 40.7 Å². The van der Waals surface area contributed by atoms with Crippen molar-refractivity contribution in [3.8, 4) is 0 Å². The Hall–Kier alpha value is -2.79. The highest BCUT2D eigenvalue weighted by Gasteiger charge is 2.37. The van der Waals surface area contributed by atoms with Gasteiger partial charge in [0.2, 0.25) is 0 Å². The summed E-state index contributed by atoms with van der Waals surface area (Å²) in [7, 11) is 0. The molecule has 0 radical (unpaired) electrons. The van der Waals surface area contributed by atoms with Crippen LogP contribution in [-0.4, -0.2) is 30.6 Å². The summed E-state index contributed by atoms with van der Waals surface area (Å²) in [6, 6.07) is -0.711. The number of hydrogen-bond donors (Lipinski definition) is 2. The van der Waals surface area contributed by atoms with E-state index < -0.39 is 53.6 Å². The van der Waals surface area contributed by atoms with Crippen molar-refractivity contribution in [3.63, 3.8) is 0 Å². The first kappa shape index (κ1) is 23.5. The van der Waals surface area contributed by atoms with Crippen LogP contribution in [0.4, 0.5) is 31.1 Å². The van der Waals surface area contributed by atoms with Gasteiger partial charge in [0, 0.05) is 6.04 Å². The molecule has 1 fully saturated rings. The van der Waals surface area contributed by atoms with Gasteiger partial charge in [-0.05, 0) is 31.0 Å². The molecular weight excluding hydrogens is 422 g/mol. The maximum Gasteiger partial charge on any atom is 0.416 e. The Bertz CT molecular complexity index is 769. The van der Waals surface area contributed by atoms with Crippen LogP contribution in [0.3, 0.4) is 0 Å². The van der Waals surface area contributed by atoms with Crippen LogP contribution in [0.2, 0.25) is 0 Å². The molecule has 0 heterocycles. The number of urea groups is 1. The fourth-order valence-corrected chi connectivity index (χ4v) is 2.92. The zero-order chi connectivity index (χ0) is 22.5. The molecule has 0 unspecified atom stereocenters. The number of hydrogen-bond acceptors (Lipinski definition) is 4. The lowest BCUT2D eigenvalue weighted by molar-refractivity contribution is -0.143. The largest absolute Gasteiger partial charge is 0.452 e. The fraction of sp³-hybridized carbons (Fsp3) is 0.500. The van der Waals surface area contributed by atoms with Gasteiger partial charge >= 0.3 is 24.4 Å². The third-order valence-corrected chi connectivity index (χ3v) is 4.35. The molecule has 1 saturated carbocycles. The number of ether oxygens (including phenoxy) is 1. The first-order valence-corrected chi connectivity index (χ1v) is 8.93. The topological polar surface area (TPSA) is 84.5 Å². The average molecular weight is 440 g/mol. The van der Waals surface area contributed by atoms with Crippen LogP contribution in [0.5, 0.6) is 0 Å². The number of carbonyl (C=O) groups is 3. The van der Waals surface area contributed by atoms with E-state index in [1.807, 2.05) is 5.32 Å². The van der Waals surface area contributed by atoms with Gasteiger partial charge in [-0.2, -0.15) is 26.3 Å². The Kier molecular flexibility index (Phi) is 7.32. The molecule has 2 N–H and O–H groups in total. The molecule has 0 aromatic heterocycles. The predicted molar refractivity (Wildman–Crippen MR) is 90.3 cm³/mol. The highest BCUT2D eigenvalue weighted by atomic mass is 19.4. The van der Waals surface area contributed by atoms with Crippen LogP contribution in [0.25, 0.3) is 0 Å². The fourth-order valence-electron chi connectivity index (χ4n) is 2.92. The Labute approximate surface area is 166 Å². The number of imide groups is 1. The van der Waals surface area contributed by atoms with E-state index in [2.05, 4.69) is 10.1 Å². The molecule has 1 aliphatic carbocycles. The van der Waals surface area contributed by atoms with E-state index in [1.165, 1.54) is 0 Å². The van der Waals surface area contributed by atoms with Crippen LogP contribution in [-0.2, 0) is 21.9 Å². The number of rotatable bonds is 4. The van der Waals surface area contributed by atoms with E-state index >= 15 is 0 Å². The third-order valence-electron chi connectivity index (χ3n) is 4.35. The van der Waals surface area contributed by atoms with Crippen molar-refractivity contribution in [1.29, 1.82) is 0 Å². The third kappa shape index (κ3) is 6.92. The quantitative estimate of drug-likeness (QED) is 0.547. The minimum absolute atomic E-state index is 0.111. The Morgan fingerprint density at radius 1 is 0.900 bits per heavy atom. The van der Waals surface area contributed by atoms with Gasteiger partial charge in [-0.3, -0.25) is 10.1 Å². The summed E-state index contributed by atoms with van der Waals surface area (Å²) in [5, 5.41) is 4.44. The molecule has 3 amide bonds. The summed E-state index contributed by atoms with van der Waals surface area (Å²) in [6.07, 6.45) is -5.89. The smallest absolute Gasteiger partial charge is 0.416 e. The molecule has 12 heteroatoms. The van der Waals surface area contributed by atoms with Crippen LogP contribution in [0.15, 0.2) is 18.2 Å². The molecule has 0 spiro atoms. The summed E-state index contributed by atoms with van der Waals surface area (Å²) < 4.78 is 81.4. The number of halogens is 6. The second-order valence-corrected chi connectivity index (χ2v) is 6.73. The van der Waals surface area contributed by atoms with E-state index in [4.69, 9.17) is 0 Å². The van der Waals surface area contributed by atoms with Gasteiger partial charge in [0.25, 0.3) is 5.91 Å². The van der Waals surface area contributed by atoms with Crippen LogP contribution >= 0.6 is 0 Å². The monoisotopic (exact) mass is 440 g/mol. The minimum Gasteiger partial charge on any atom is -0.452 e. The molecule has 1 aliphatic rings. The van der Waals surface area contributed by atoms with Gasteiger partial charge in [-0.1, -0.05) is 19.3 Å². The predicted octanol–water partition coefficient (Wildman–Crippen LogP) is 4.04. The minimum atomic E-state index is -5.13. The number of esters is 1. The van der Waals surface area contributed by atoms with Crippen molar-refractivity contribution in [2.45, 2.75) is 50.5 Å². The molecule has 1 aromatic carbocycles. The maximum absolute atomic E-state index is 12.8. The second kappa shape index (κ2) is 9.35. The molecule has 0 atom stereocenters. The number of alkyl halides is 6. The lowest BCUT2D eigenvalue weighted by Crippen LogP contribution is -2.46. The molecule has 1 aromatic rings. The Morgan fingerprint density at radius 3 is 1.93 bits per heavy atom. The molecule has 2 rings (SSSR count). The van der Waals surface area contributed by atoms with Crippen molar-refractivity contribution in [1.82, 2.24) is 10.6 Å². The zero-order valence-electron chi connectivity index (χ0n) is 15.5. The summed E-state index contributed by atoms with van der Waals surface area (Å²) in [6.45, 7) is -1.06.